The quantitative estimate of drug-likeness (QED) is 0.473. The van der Waals surface area contributed by atoms with Crippen LogP contribution in [0, 0.1) is 17.3 Å². The summed E-state index contributed by atoms with van der Waals surface area (Å²) in [5.74, 6) is 7.16. The van der Waals surface area contributed by atoms with E-state index in [-0.39, 0.29) is 17.1 Å². The second-order valence-corrected chi connectivity index (χ2v) is 8.53. The molecule has 0 aliphatic carbocycles. The molecule has 0 N–H and O–H groups in total. The Labute approximate surface area is 168 Å². The molecule has 0 aliphatic heterocycles. The Hall–Kier alpha value is -2.79. The van der Waals surface area contributed by atoms with Crippen LogP contribution in [0.3, 0.4) is 0 Å². The smallest absolute Gasteiger partial charge is 0.129 e. The van der Waals surface area contributed by atoms with Gasteiger partial charge in [-0.1, -0.05) is 60.4 Å². The Morgan fingerprint density at radius 1 is 1.04 bits per heavy atom. The van der Waals surface area contributed by atoms with E-state index in [1.54, 1.807) is 6.92 Å². The number of para-hydroxylation sites is 1. The number of ketones is 1. The predicted octanol–water partition coefficient (Wildman–Crippen LogP) is 6.19. The molecule has 3 rings (SSSR count). The molecule has 144 valence electrons. The zero-order valence-electron chi connectivity index (χ0n) is 17.3. The second kappa shape index (κ2) is 8.48. The zero-order valence-corrected chi connectivity index (χ0v) is 17.3. The number of hydrogen-bond donors (Lipinski definition) is 0. The first-order valence-electron chi connectivity index (χ1n) is 9.97. The fourth-order valence-corrected chi connectivity index (χ4v) is 3.42. The molecule has 3 aromatic rings. The topological polar surface area (TPSA) is 22.0 Å². The van der Waals surface area contributed by atoms with Crippen molar-refractivity contribution < 1.29 is 4.79 Å². The summed E-state index contributed by atoms with van der Waals surface area (Å²) in [4.78, 5) is 11.6. The molecule has 1 aromatic heterocycles. The van der Waals surface area contributed by atoms with Crippen molar-refractivity contribution >= 4 is 16.7 Å². The van der Waals surface area contributed by atoms with Crippen LogP contribution in [0.15, 0.2) is 60.8 Å². The van der Waals surface area contributed by atoms with Crippen LogP contribution in [-0.4, -0.2) is 10.4 Å². The van der Waals surface area contributed by atoms with Crippen LogP contribution < -0.4 is 0 Å². The SMILES string of the molecule is CC(=O)CCC(C#CC(C)(C)C)c1cn(Cc2ccccc2)c2ccccc12. The molecule has 0 aliphatic rings. The van der Waals surface area contributed by atoms with Gasteiger partial charge in [0.2, 0.25) is 0 Å². The molecule has 28 heavy (non-hydrogen) atoms. The summed E-state index contributed by atoms with van der Waals surface area (Å²) in [6.07, 6.45) is 3.55. The highest BCUT2D eigenvalue weighted by Crippen LogP contribution is 2.31. The summed E-state index contributed by atoms with van der Waals surface area (Å²) < 4.78 is 2.31. The number of carbonyl (C=O) groups excluding carboxylic acids is 1. The van der Waals surface area contributed by atoms with Gasteiger partial charge in [-0.15, -0.1) is 0 Å². The maximum Gasteiger partial charge on any atom is 0.129 e. The Morgan fingerprint density at radius 3 is 2.39 bits per heavy atom. The van der Waals surface area contributed by atoms with Gasteiger partial charge < -0.3 is 9.36 Å². The van der Waals surface area contributed by atoms with Crippen LogP contribution in [0.1, 0.15) is 57.6 Å². The molecule has 2 nitrogen and oxygen atoms in total. The molecular weight excluding hydrogens is 342 g/mol. The number of carbonyl (C=O) groups is 1. The molecule has 0 bridgehead atoms. The Balaban J connectivity index is 2.05. The molecule has 0 saturated heterocycles. The molecule has 1 atom stereocenters. The van der Waals surface area contributed by atoms with E-state index in [0.29, 0.717) is 6.42 Å². The van der Waals surface area contributed by atoms with E-state index >= 15 is 0 Å². The average molecular weight is 372 g/mol. The Kier molecular flexibility index (Phi) is 6.05. The molecule has 1 unspecified atom stereocenters. The molecule has 1 heterocycles. The molecule has 0 spiro atoms. The van der Waals surface area contributed by atoms with E-state index in [0.717, 1.165) is 13.0 Å². The second-order valence-electron chi connectivity index (χ2n) is 8.53. The predicted molar refractivity (Wildman–Crippen MR) is 117 cm³/mol. The molecule has 2 aromatic carbocycles. The lowest BCUT2D eigenvalue weighted by Crippen LogP contribution is -2.04. The first-order valence-corrected chi connectivity index (χ1v) is 9.97. The van der Waals surface area contributed by atoms with Gasteiger partial charge in [0.05, 0.1) is 0 Å². The van der Waals surface area contributed by atoms with E-state index in [4.69, 9.17) is 0 Å². The van der Waals surface area contributed by atoms with Gasteiger partial charge in [-0.25, -0.2) is 0 Å². The van der Waals surface area contributed by atoms with Crippen molar-refractivity contribution in [3.8, 4) is 11.8 Å². The largest absolute Gasteiger partial charge is 0.343 e. The monoisotopic (exact) mass is 371 g/mol. The standard InChI is InChI=1S/C26H29NO/c1-20(28)14-15-22(16-17-26(2,3)4)24-19-27(18-21-10-6-5-7-11-21)25-13-9-8-12-23(24)25/h5-13,19,22H,14-15,18H2,1-4H3. The molecule has 0 radical (unpaired) electrons. The van der Waals surface area contributed by atoms with Gasteiger partial charge in [0.25, 0.3) is 0 Å². The highest BCUT2D eigenvalue weighted by molar-refractivity contribution is 5.85. The number of fused-ring (bicyclic) bond motifs is 1. The molecule has 0 fully saturated rings. The van der Waals surface area contributed by atoms with Crippen LogP contribution in [0.2, 0.25) is 0 Å². The third kappa shape index (κ3) is 5.14. The lowest BCUT2D eigenvalue weighted by molar-refractivity contribution is -0.117. The summed E-state index contributed by atoms with van der Waals surface area (Å²) in [7, 11) is 0. The minimum Gasteiger partial charge on any atom is -0.343 e. The average Bonchev–Trinajstić information content (AvgIpc) is 3.00. The van der Waals surface area contributed by atoms with Crippen molar-refractivity contribution in [2.75, 3.05) is 0 Å². The van der Waals surface area contributed by atoms with E-state index in [9.17, 15) is 4.79 Å². The van der Waals surface area contributed by atoms with Gasteiger partial charge in [0.1, 0.15) is 5.78 Å². The van der Waals surface area contributed by atoms with Crippen LogP contribution in [0.4, 0.5) is 0 Å². The lowest BCUT2D eigenvalue weighted by atomic mass is 9.90. The highest BCUT2D eigenvalue weighted by atomic mass is 16.1. The normalized spacial score (nSPS) is 12.4. The third-order valence-electron chi connectivity index (χ3n) is 4.80. The summed E-state index contributed by atoms with van der Waals surface area (Å²) >= 11 is 0. The van der Waals surface area contributed by atoms with E-state index in [1.165, 1.54) is 22.0 Å². The number of nitrogens with zero attached hydrogens (tertiary/aromatic N) is 1. The number of rotatable bonds is 6. The summed E-state index contributed by atoms with van der Waals surface area (Å²) in [5.41, 5.74) is 3.66. The van der Waals surface area contributed by atoms with Crippen LogP contribution in [0.5, 0.6) is 0 Å². The fraction of sp³-hybridized carbons (Fsp3) is 0.346. The van der Waals surface area contributed by atoms with Crippen molar-refractivity contribution in [3.63, 3.8) is 0 Å². The molecule has 0 amide bonds. The number of benzene rings is 2. The van der Waals surface area contributed by atoms with Crippen molar-refractivity contribution in [3.05, 3.63) is 71.9 Å². The Morgan fingerprint density at radius 2 is 1.71 bits per heavy atom. The lowest BCUT2D eigenvalue weighted by Gasteiger charge is -2.12. The van der Waals surface area contributed by atoms with Crippen molar-refractivity contribution in [1.29, 1.82) is 0 Å². The van der Waals surface area contributed by atoms with Crippen LogP contribution in [0.25, 0.3) is 10.9 Å². The summed E-state index contributed by atoms with van der Waals surface area (Å²) in [6.45, 7) is 8.86. The summed E-state index contributed by atoms with van der Waals surface area (Å²) in [5, 5.41) is 1.23. The van der Waals surface area contributed by atoms with Crippen molar-refractivity contribution in [2.24, 2.45) is 5.41 Å². The van der Waals surface area contributed by atoms with Gasteiger partial charge in [-0.05, 0) is 51.3 Å². The molecule has 2 heteroatoms. The van der Waals surface area contributed by atoms with Crippen molar-refractivity contribution in [2.45, 2.75) is 53.0 Å². The molecular formula is C26H29NO. The maximum atomic E-state index is 11.6. The summed E-state index contributed by atoms with van der Waals surface area (Å²) in [6, 6.07) is 19.0. The number of aromatic nitrogens is 1. The number of hydrogen-bond acceptors (Lipinski definition) is 1. The minimum atomic E-state index is -0.0586. The Bertz CT molecular complexity index is 1010. The minimum absolute atomic E-state index is 0.0586. The van der Waals surface area contributed by atoms with Gasteiger partial charge in [-0.3, -0.25) is 0 Å². The molecule has 0 saturated carbocycles. The highest BCUT2D eigenvalue weighted by Gasteiger charge is 2.18. The van der Waals surface area contributed by atoms with Gasteiger partial charge in [0.15, 0.2) is 0 Å². The maximum absolute atomic E-state index is 11.6. The first kappa shape index (κ1) is 20.0. The van der Waals surface area contributed by atoms with E-state index in [2.05, 4.69) is 91.9 Å². The van der Waals surface area contributed by atoms with Gasteiger partial charge >= 0.3 is 0 Å². The van der Waals surface area contributed by atoms with Crippen molar-refractivity contribution in [1.82, 2.24) is 4.57 Å². The first-order chi connectivity index (χ1) is 13.3. The van der Waals surface area contributed by atoms with Gasteiger partial charge in [-0.2, -0.15) is 0 Å². The van der Waals surface area contributed by atoms with Crippen LogP contribution >= 0.6 is 0 Å². The fourth-order valence-electron chi connectivity index (χ4n) is 3.42. The van der Waals surface area contributed by atoms with Gasteiger partial charge in [0, 0.05) is 41.4 Å². The zero-order chi connectivity index (χ0) is 20.1. The van der Waals surface area contributed by atoms with E-state index in [1.807, 2.05) is 6.07 Å². The van der Waals surface area contributed by atoms with Crippen LogP contribution in [-0.2, 0) is 11.3 Å². The number of Topliss-reactive ketones (excluding diaryl/α,β-unsaturated/α-hetero) is 1. The van der Waals surface area contributed by atoms with E-state index < -0.39 is 0 Å². The third-order valence-corrected chi connectivity index (χ3v) is 4.80.